The third-order valence-corrected chi connectivity index (χ3v) is 1.16. The Morgan fingerprint density at radius 2 is 1.70 bits per heavy atom. The molecule has 0 saturated carbocycles. The number of hydroxylamine groups is 1. The van der Waals surface area contributed by atoms with Gasteiger partial charge in [-0.05, 0) is 5.92 Å². The molecule has 1 unspecified atom stereocenters. The van der Waals surface area contributed by atoms with Crippen LogP contribution in [0.3, 0.4) is 0 Å². The summed E-state index contributed by atoms with van der Waals surface area (Å²) in [5.74, 6) is -0.662. The summed E-state index contributed by atoms with van der Waals surface area (Å²) in [5, 5.41) is 8.06. The van der Waals surface area contributed by atoms with Crippen molar-refractivity contribution >= 4 is 0 Å². The van der Waals surface area contributed by atoms with Crippen molar-refractivity contribution < 1.29 is 18.4 Å². The molecule has 1 atom stereocenters. The lowest BCUT2D eigenvalue weighted by Gasteiger charge is -2.21. The molecular formula is C5H10F3NO. The zero-order valence-corrected chi connectivity index (χ0v) is 5.74. The van der Waals surface area contributed by atoms with Gasteiger partial charge in [0.1, 0.15) is 6.04 Å². The van der Waals surface area contributed by atoms with Crippen LogP contribution in [0.15, 0.2) is 0 Å². The van der Waals surface area contributed by atoms with Crippen molar-refractivity contribution in [2.24, 2.45) is 5.92 Å². The Morgan fingerprint density at radius 3 is 1.70 bits per heavy atom. The summed E-state index contributed by atoms with van der Waals surface area (Å²) >= 11 is 0. The fourth-order valence-electron chi connectivity index (χ4n) is 0.600. The molecule has 0 fully saturated rings. The minimum atomic E-state index is -4.37. The van der Waals surface area contributed by atoms with Crippen molar-refractivity contribution in [3.05, 3.63) is 0 Å². The van der Waals surface area contributed by atoms with Gasteiger partial charge in [0.2, 0.25) is 0 Å². The molecule has 10 heavy (non-hydrogen) atoms. The lowest BCUT2D eigenvalue weighted by molar-refractivity contribution is -0.186. The van der Waals surface area contributed by atoms with Gasteiger partial charge in [0.25, 0.3) is 0 Å². The van der Waals surface area contributed by atoms with E-state index in [1.54, 1.807) is 0 Å². The van der Waals surface area contributed by atoms with E-state index < -0.39 is 18.1 Å². The maximum absolute atomic E-state index is 11.7. The normalized spacial score (nSPS) is 15.9. The number of hydrogen-bond donors (Lipinski definition) is 2. The van der Waals surface area contributed by atoms with E-state index in [4.69, 9.17) is 5.21 Å². The molecule has 0 aromatic heterocycles. The first-order valence-electron chi connectivity index (χ1n) is 2.86. The second-order valence-electron chi connectivity index (χ2n) is 2.39. The highest BCUT2D eigenvalue weighted by Crippen LogP contribution is 2.24. The van der Waals surface area contributed by atoms with Crippen LogP contribution in [0.1, 0.15) is 13.8 Å². The molecule has 0 spiro atoms. The monoisotopic (exact) mass is 157 g/mol. The van der Waals surface area contributed by atoms with Crippen molar-refractivity contribution in [2.45, 2.75) is 26.1 Å². The van der Waals surface area contributed by atoms with Crippen molar-refractivity contribution in [1.29, 1.82) is 0 Å². The second kappa shape index (κ2) is 3.21. The summed E-state index contributed by atoms with van der Waals surface area (Å²) in [4.78, 5) is 0. The summed E-state index contributed by atoms with van der Waals surface area (Å²) in [5.41, 5.74) is 1.22. The van der Waals surface area contributed by atoms with Crippen molar-refractivity contribution in [3.63, 3.8) is 0 Å². The van der Waals surface area contributed by atoms with Crippen LogP contribution in [-0.2, 0) is 0 Å². The predicted molar refractivity (Wildman–Crippen MR) is 29.6 cm³/mol. The molecule has 0 aromatic rings. The Labute approximate surface area is 57.0 Å². The maximum Gasteiger partial charge on any atom is 0.406 e. The van der Waals surface area contributed by atoms with Gasteiger partial charge in [0, 0.05) is 0 Å². The van der Waals surface area contributed by atoms with E-state index >= 15 is 0 Å². The van der Waals surface area contributed by atoms with Crippen LogP contribution in [0.25, 0.3) is 0 Å². The molecular weight excluding hydrogens is 147 g/mol. The fourth-order valence-corrected chi connectivity index (χ4v) is 0.600. The van der Waals surface area contributed by atoms with Crippen LogP contribution in [0.2, 0.25) is 0 Å². The lowest BCUT2D eigenvalue weighted by Crippen LogP contribution is -2.44. The number of nitrogens with one attached hydrogen (secondary N) is 1. The molecule has 5 heteroatoms. The second-order valence-corrected chi connectivity index (χ2v) is 2.39. The summed E-state index contributed by atoms with van der Waals surface area (Å²) in [6.07, 6.45) is -4.37. The third kappa shape index (κ3) is 2.53. The van der Waals surface area contributed by atoms with E-state index in [9.17, 15) is 13.2 Å². The maximum atomic E-state index is 11.7. The highest BCUT2D eigenvalue weighted by Gasteiger charge is 2.41. The average molecular weight is 157 g/mol. The topological polar surface area (TPSA) is 32.3 Å². The van der Waals surface area contributed by atoms with Gasteiger partial charge in [0.05, 0.1) is 0 Å². The zero-order valence-electron chi connectivity index (χ0n) is 5.74. The summed E-state index contributed by atoms with van der Waals surface area (Å²) in [6, 6.07) is -1.83. The van der Waals surface area contributed by atoms with Crippen LogP contribution >= 0.6 is 0 Å². The molecule has 0 aromatic carbocycles. The Morgan fingerprint density at radius 1 is 1.30 bits per heavy atom. The van der Waals surface area contributed by atoms with E-state index in [0.717, 1.165) is 0 Å². The highest BCUT2D eigenvalue weighted by atomic mass is 19.4. The van der Waals surface area contributed by atoms with Crippen molar-refractivity contribution in [1.82, 2.24) is 5.48 Å². The van der Waals surface area contributed by atoms with E-state index in [1.165, 1.54) is 19.3 Å². The number of rotatable bonds is 2. The van der Waals surface area contributed by atoms with Gasteiger partial charge in [-0.2, -0.15) is 18.7 Å². The summed E-state index contributed by atoms with van der Waals surface area (Å²) in [7, 11) is 0. The molecule has 0 amide bonds. The number of halogens is 3. The van der Waals surface area contributed by atoms with Gasteiger partial charge in [-0.1, -0.05) is 13.8 Å². The molecule has 0 radical (unpaired) electrons. The molecule has 62 valence electrons. The van der Waals surface area contributed by atoms with Crippen LogP contribution in [0.4, 0.5) is 13.2 Å². The average Bonchev–Trinajstić information content (AvgIpc) is 1.60. The molecule has 0 aliphatic carbocycles. The third-order valence-electron chi connectivity index (χ3n) is 1.16. The smallest absolute Gasteiger partial charge is 0.316 e. The molecule has 0 heterocycles. The first-order chi connectivity index (χ1) is 4.39. The van der Waals surface area contributed by atoms with Crippen molar-refractivity contribution in [2.75, 3.05) is 0 Å². The standard InChI is InChI=1S/C5H10F3NO/c1-3(2)4(9-10)5(6,7)8/h3-4,9-10H,1-2H3. The molecule has 2 N–H and O–H groups in total. The summed E-state index contributed by atoms with van der Waals surface area (Å²) < 4.78 is 35.2. The first kappa shape index (κ1) is 9.71. The molecule has 0 saturated heterocycles. The molecule has 0 rings (SSSR count). The Bertz CT molecular complexity index is 102. The van der Waals surface area contributed by atoms with E-state index in [-0.39, 0.29) is 0 Å². The largest absolute Gasteiger partial charge is 0.406 e. The quantitative estimate of drug-likeness (QED) is 0.596. The Balaban J connectivity index is 4.07. The van der Waals surface area contributed by atoms with Gasteiger partial charge in [-0.3, -0.25) is 0 Å². The fraction of sp³-hybridized carbons (Fsp3) is 1.00. The van der Waals surface area contributed by atoms with Gasteiger partial charge in [-0.25, -0.2) is 0 Å². The van der Waals surface area contributed by atoms with Crippen LogP contribution in [-0.4, -0.2) is 17.4 Å². The van der Waals surface area contributed by atoms with Crippen molar-refractivity contribution in [3.8, 4) is 0 Å². The molecule has 2 nitrogen and oxygen atoms in total. The van der Waals surface area contributed by atoms with E-state index in [1.807, 2.05) is 0 Å². The molecule has 0 bridgehead atoms. The van der Waals surface area contributed by atoms with E-state index in [0.29, 0.717) is 0 Å². The Kier molecular flexibility index (Phi) is 3.11. The van der Waals surface area contributed by atoms with Gasteiger partial charge >= 0.3 is 6.18 Å². The van der Waals surface area contributed by atoms with Crippen LogP contribution in [0, 0.1) is 5.92 Å². The molecule has 0 aliphatic heterocycles. The van der Waals surface area contributed by atoms with Gasteiger partial charge < -0.3 is 5.21 Å². The zero-order chi connectivity index (χ0) is 8.36. The lowest BCUT2D eigenvalue weighted by atomic mass is 10.1. The van der Waals surface area contributed by atoms with E-state index in [2.05, 4.69) is 0 Å². The highest BCUT2D eigenvalue weighted by molar-refractivity contribution is 4.74. The number of hydrogen-bond acceptors (Lipinski definition) is 2. The van der Waals surface area contributed by atoms with Gasteiger partial charge in [0.15, 0.2) is 0 Å². The van der Waals surface area contributed by atoms with Crippen LogP contribution in [0.5, 0.6) is 0 Å². The SMILES string of the molecule is CC(C)C(NO)C(F)(F)F. The minimum absolute atomic E-state index is 0.662. The first-order valence-corrected chi connectivity index (χ1v) is 2.86. The number of alkyl halides is 3. The summed E-state index contributed by atoms with van der Waals surface area (Å²) in [6.45, 7) is 2.75. The minimum Gasteiger partial charge on any atom is -0.316 e. The van der Waals surface area contributed by atoms with Gasteiger partial charge in [-0.15, -0.1) is 0 Å². The Hall–Kier alpha value is -0.290. The van der Waals surface area contributed by atoms with Crippen LogP contribution < -0.4 is 5.48 Å². The molecule has 0 aliphatic rings. The predicted octanol–water partition coefficient (Wildman–Crippen LogP) is 1.55.